The van der Waals surface area contributed by atoms with Crippen LogP contribution < -0.4 is 5.73 Å². The topological polar surface area (TPSA) is 38.5 Å². The van der Waals surface area contributed by atoms with Gasteiger partial charge in [0.15, 0.2) is 0 Å². The molecule has 0 aromatic heterocycles. The van der Waals surface area contributed by atoms with Crippen LogP contribution >= 0.6 is 0 Å². The SMILES string of the molecule is CC(C)(C)CC(N)CCN1CCCOCC1. The zero-order chi connectivity index (χ0) is 12.0. The van der Waals surface area contributed by atoms with E-state index < -0.39 is 0 Å². The number of nitrogens with two attached hydrogens (primary N) is 1. The van der Waals surface area contributed by atoms with E-state index in [2.05, 4.69) is 25.7 Å². The monoisotopic (exact) mass is 228 g/mol. The van der Waals surface area contributed by atoms with Crippen molar-refractivity contribution in [2.24, 2.45) is 11.1 Å². The number of rotatable bonds is 4. The second kappa shape index (κ2) is 6.58. The Morgan fingerprint density at radius 1 is 1.25 bits per heavy atom. The van der Waals surface area contributed by atoms with Gasteiger partial charge in [0.25, 0.3) is 0 Å². The van der Waals surface area contributed by atoms with E-state index in [1.165, 1.54) is 6.54 Å². The highest BCUT2D eigenvalue weighted by atomic mass is 16.5. The van der Waals surface area contributed by atoms with E-state index in [0.29, 0.717) is 11.5 Å². The summed E-state index contributed by atoms with van der Waals surface area (Å²) >= 11 is 0. The van der Waals surface area contributed by atoms with Crippen LogP contribution in [-0.4, -0.2) is 43.8 Å². The van der Waals surface area contributed by atoms with Gasteiger partial charge in [-0.1, -0.05) is 20.8 Å². The molecule has 1 saturated heterocycles. The van der Waals surface area contributed by atoms with Crippen molar-refractivity contribution < 1.29 is 4.74 Å². The zero-order valence-electron chi connectivity index (χ0n) is 11.2. The van der Waals surface area contributed by atoms with E-state index in [4.69, 9.17) is 10.5 Å². The first-order valence-electron chi connectivity index (χ1n) is 6.53. The Kier molecular flexibility index (Phi) is 5.73. The average molecular weight is 228 g/mol. The predicted molar refractivity (Wildman–Crippen MR) is 68.5 cm³/mol. The molecule has 0 aromatic rings. The van der Waals surface area contributed by atoms with E-state index in [1.54, 1.807) is 0 Å². The van der Waals surface area contributed by atoms with Crippen LogP contribution in [0.5, 0.6) is 0 Å². The highest BCUT2D eigenvalue weighted by Gasteiger charge is 2.17. The first-order chi connectivity index (χ1) is 7.47. The standard InChI is InChI=1S/C13H28N2O/c1-13(2,3)11-12(14)5-7-15-6-4-9-16-10-8-15/h12H,4-11,14H2,1-3H3. The lowest BCUT2D eigenvalue weighted by Gasteiger charge is -2.26. The molecule has 3 heteroatoms. The maximum absolute atomic E-state index is 6.16. The maximum atomic E-state index is 6.16. The molecule has 0 spiro atoms. The molecule has 3 nitrogen and oxygen atoms in total. The van der Waals surface area contributed by atoms with Crippen LogP contribution in [0, 0.1) is 5.41 Å². The molecule has 1 atom stereocenters. The van der Waals surface area contributed by atoms with Crippen LogP contribution in [0.4, 0.5) is 0 Å². The van der Waals surface area contributed by atoms with Crippen molar-refractivity contribution in [2.45, 2.75) is 46.1 Å². The van der Waals surface area contributed by atoms with E-state index in [9.17, 15) is 0 Å². The molecule has 2 N–H and O–H groups in total. The Labute approximate surface area is 100 Å². The fourth-order valence-electron chi connectivity index (χ4n) is 2.26. The third-order valence-electron chi connectivity index (χ3n) is 3.01. The lowest BCUT2D eigenvalue weighted by molar-refractivity contribution is 0.140. The Hall–Kier alpha value is -0.120. The molecule has 1 unspecified atom stereocenters. The second-order valence-corrected chi connectivity index (χ2v) is 6.12. The fraction of sp³-hybridized carbons (Fsp3) is 1.00. The summed E-state index contributed by atoms with van der Waals surface area (Å²) in [7, 11) is 0. The van der Waals surface area contributed by atoms with Crippen LogP contribution in [-0.2, 0) is 4.74 Å². The summed E-state index contributed by atoms with van der Waals surface area (Å²) in [4.78, 5) is 2.48. The minimum absolute atomic E-state index is 0.337. The van der Waals surface area contributed by atoms with Crippen molar-refractivity contribution in [3.05, 3.63) is 0 Å². The summed E-state index contributed by atoms with van der Waals surface area (Å²) in [5.74, 6) is 0. The van der Waals surface area contributed by atoms with Crippen molar-refractivity contribution in [3.63, 3.8) is 0 Å². The third-order valence-corrected chi connectivity index (χ3v) is 3.01. The van der Waals surface area contributed by atoms with Gasteiger partial charge in [-0.3, -0.25) is 0 Å². The van der Waals surface area contributed by atoms with Crippen LogP contribution in [0.15, 0.2) is 0 Å². The van der Waals surface area contributed by atoms with Crippen LogP contribution in [0.3, 0.4) is 0 Å². The molecule has 0 radical (unpaired) electrons. The molecule has 0 aliphatic carbocycles. The van der Waals surface area contributed by atoms with Crippen LogP contribution in [0.2, 0.25) is 0 Å². The van der Waals surface area contributed by atoms with Crippen molar-refractivity contribution in [1.82, 2.24) is 4.90 Å². The van der Waals surface area contributed by atoms with Gasteiger partial charge in [-0.25, -0.2) is 0 Å². The normalized spacial score (nSPS) is 21.8. The van der Waals surface area contributed by atoms with Gasteiger partial charge in [0.05, 0.1) is 6.61 Å². The minimum atomic E-state index is 0.337. The zero-order valence-corrected chi connectivity index (χ0v) is 11.2. The molecule has 1 heterocycles. The largest absolute Gasteiger partial charge is 0.380 e. The molecule has 1 rings (SSSR count). The van der Waals surface area contributed by atoms with E-state index in [1.807, 2.05) is 0 Å². The smallest absolute Gasteiger partial charge is 0.0593 e. The number of hydrogen-bond acceptors (Lipinski definition) is 3. The molecule has 0 bridgehead atoms. The van der Waals surface area contributed by atoms with Crippen molar-refractivity contribution in [1.29, 1.82) is 0 Å². The summed E-state index contributed by atoms with van der Waals surface area (Å²) in [6.45, 7) is 11.9. The molecule has 96 valence electrons. The van der Waals surface area contributed by atoms with Gasteiger partial charge in [-0.15, -0.1) is 0 Å². The van der Waals surface area contributed by atoms with Crippen molar-refractivity contribution in [2.75, 3.05) is 32.8 Å². The molecule has 1 aliphatic rings. The molecule has 0 amide bonds. The Morgan fingerprint density at radius 3 is 2.69 bits per heavy atom. The highest BCUT2D eigenvalue weighted by Crippen LogP contribution is 2.21. The Balaban J connectivity index is 2.17. The van der Waals surface area contributed by atoms with Crippen molar-refractivity contribution in [3.8, 4) is 0 Å². The van der Waals surface area contributed by atoms with Crippen molar-refractivity contribution >= 4 is 0 Å². The van der Waals surface area contributed by atoms with E-state index in [-0.39, 0.29) is 0 Å². The molecule has 1 fully saturated rings. The molecule has 0 aromatic carbocycles. The van der Waals surface area contributed by atoms with Gasteiger partial charge in [-0.05, 0) is 31.2 Å². The summed E-state index contributed by atoms with van der Waals surface area (Å²) in [5, 5.41) is 0. The molecule has 1 aliphatic heterocycles. The van der Waals surface area contributed by atoms with Gasteiger partial charge in [0.1, 0.15) is 0 Å². The Bertz CT molecular complexity index is 181. The van der Waals surface area contributed by atoms with Gasteiger partial charge in [0, 0.05) is 25.7 Å². The summed E-state index contributed by atoms with van der Waals surface area (Å²) in [6.07, 6.45) is 3.38. The van der Waals surface area contributed by atoms with Crippen LogP contribution in [0.1, 0.15) is 40.0 Å². The lowest BCUT2D eigenvalue weighted by Crippen LogP contribution is -2.34. The molecule has 0 saturated carbocycles. The maximum Gasteiger partial charge on any atom is 0.0593 e. The van der Waals surface area contributed by atoms with E-state index in [0.717, 1.165) is 45.6 Å². The number of hydrogen-bond donors (Lipinski definition) is 1. The summed E-state index contributed by atoms with van der Waals surface area (Å²) in [5.41, 5.74) is 6.51. The van der Waals surface area contributed by atoms with Gasteiger partial charge < -0.3 is 15.4 Å². The third kappa shape index (κ3) is 6.46. The molecular formula is C13H28N2O. The first kappa shape index (κ1) is 13.9. The fourth-order valence-corrected chi connectivity index (χ4v) is 2.26. The van der Waals surface area contributed by atoms with Gasteiger partial charge in [-0.2, -0.15) is 0 Å². The number of nitrogens with zero attached hydrogens (tertiary/aromatic N) is 1. The number of ether oxygens (including phenoxy) is 1. The quantitative estimate of drug-likeness (QED) is 0.798. The van der Waals surface area contributed by atoms with Crippen LogP contribution in [0.25, 0.3) is 0 Å². The first-order valence-corrected chi connectivity index (χ1v) is 6.53. The van der Waals surface area contributed by atoms with Gasteiger partial charge >= 0.3 is 0 Å². The van der Waals surface area contributed by atoms with E-state index >= 15 is 0 Å². The van der Waals surface area contributed by atoms with Gasteiger partial charge in [0.2, 0.25) is 0 Å². The minimum Gasteiger partial charge on any atom is -0.380 e. The average Bonchev–Trinajstić information content (AvgIpc) is 2.39. The molecule has 16 heavy (non-hydrogen) atoms. The predicted octanol–water partition coefficient (Wildman–Crippen LogP) is 1.86. The molecular weight excluding hydrogens is 200 g/mol. The summed E-state index contributed by atoms with van der Waals surface area (Å²) in [6, 6.07) is 0.337. The Morgan fingerprint density at radius 2 is 2.00 bits per heavy atom. The second-order valence-electron chi connectivity index (χ2n) is 6.12. The lowest BCUT2D eigenvalue weighted by atomic mass is 9.87. The summed E-state index contributed by atoms with van der Waals surface area (Å²) < 4.78 is 5.44. The highest BCUT2D eigenvalue weighted by molar-refractivity contribution is 4.73.